The summed E-state index contributed by atoms with van der Waals surface area (Å²) in [5, 5.41) is 0.950. The van der Waals surface area contributed by atoms with Crippen molar-refractivity contribution in [2.24, 2.45) is 0 Å². The molecule has 0 unspecified atom stereocenters. The van der Waals surface area contributed by atoms with Crippen LogP contribution in [-0.4, -0.2) is 28.8 Å². The number of H-pyrrole nitrogens is 1. The SMILES string of the molecule is COC(=O)c1c(C)nc2c(c1-c1cccc3[nH]ccc13)C(=O)C[C@H](c1ccccc1Br)C2. The van der Waals surface area contributed by atoms with Gasteiger partial charge in [0.1, 0.15) is 0 Å². The van der Waals surface area contributed by atoms with Gasteiger partial charge in [-0.2, -0.15) is 0 Å². The van der Waals surface area contributed by atoms with Crippen LogP contribution < -0.4 is 0 Å². The fourth-order valence-electron chi connectivity index (χ4n) is 4.79. The van der Waals surface area contributed by atoms with Crippen molar-refractivity contribution in [3.63, 3.8) is 0 Å². The Balaban J connectivity index is 1.77. The number of aromatic nitrogens is 2. The first-order valence-corrected chi connectivity index (χ1v) is 11.2. The van der Waals surface area contributed by atoms with E-state index in [0.29, 0.717) is 35.2 Å². The fourth-order valence-corrected chi connectivity index (χ4v) is 5.40. The number of ketones is 1. The normalized spacial score (nSPS) is 15.6. The molecule has 5 nitrogen and oxygen atoms in total. The van der Waals surface area contributed by atoms with E-state index in [1.54, 1.807) is 6.92 Å². The Hall–Kier alpha value is -3.25. The van der Waals surface area contributed by atoms with Crippen LogP contribution in [0.4, 0.5) is 0 Å². The quantitative estimate of drug-likeness (QED) is 0.359. The number of carbonyl (C=O) groups excluding carboxylic acids is 2. The monoisotopic (exact) mass is 488 g/mol. The standard InChI is InChI=1S/C26H21BrN2O3/c1-14-23(26(31)32-2)24(18-7-5-9-20-17(18)10-11-28-20)25-21(29-14)12-15(13-22(25)30)16-6-3-4-8-19(16)27/h3-11,15,28H,12-13H2,1-2H3/t15-/m1/s1. The minimum absolute atomic E-state index is 0.00723. The molecule has 1 aliphatic rings. The van der Waals surface area contributed by atoms with Gasteiger partial charge < -0.3 is 9.72 Å². The number of pyridine rings is 1. The lowest BCUT2D eigenvalue weighted by atomic mass is 9.77. The second kappa shape index (κ2) is 8.02. The van der Waals surface area contributed by atoms with E-state index < -0.39 is 5.97 Å². The average Bonchev–Trinajstić information content (AvgIpc) is 3.27. The molecule has 2 heterocycles. The number of nitrogens with zero attached hydrogens (tertiary/aromatic N) is 1. The number of fused-ring (bicyclic) bond motifs is 2. The number of rotatable bonds is 3. The molecule has 0 amide bonds. The van der Waals surface area contributed by atoms with Crippen LogP contribution in [0.5, 0.6) is 0 Å². The minimum atomic E-state index is -0.485. The summed E-state index contributed by atoms with van der Waals surface area (Å²) in [7, 11) is 1.35. The number of aryl methyl sites for hydroxylation is 1. The van der Waals surface area contributed by atoms with Gasteiger partial charge in [-0.1, -0.05) is 46.3 Å². The summed E-state index contributed by atoms with van der Waals surface area (Å²) in [5.41, 5.74) is 5.68. The van der Waals surface area contributed by atoms with Gasteiger partial charge in [0, 0.05) is 39.1 Å². The van der Waals surface area contributed by atoms with Crippen molar-refractivity contribution in [2.75, 3.05) is 7.11 Å². The number of aromatic amines is 1. The molecule has 0 fully saturated rings. The highest BCUT2D eigenvalue weighted by Crippen LogP contribution is 2.42. The van der Waals surface area contributed by atoms with Crippen LogP contribution >= 0.6 is 15.9 Å². The summed E-state index contributed by atoms with van der Waals surface area (Å²) < 4.78 is 6.09. The van der Waals surface area contributed by atoms with Gasteiger partial charge in [0.25, 0.3) is 0 Å². The van der Waals surface area contributed by atoms with Crippen LogP contribution in [0, 0.1) is 6.92 Å². The van der Waals surface area contributed by atoms with E-state index in [2.05, 4.69) is 20.9 Å². The lowest BCUT2D eigenvalue weighted by Crippen LogP contribution is -2.24. The molecule has 6 heteroatoms. The third-order valence-electron chi connectivity index (χ3n) is 6.20. The first-order valence-electron chi connectivity index (χ1n) is 10.5. The largest absolute Gasteiger partial charge is 0.465 e. The van der Waals surface area contributed by atoms with Crippen molar-refractivity contribution in [1.82, 2.24) is 9.97 Å². The van der Waals surface area contributed by atoms with Gasteiger partial charge in [0.15, 0.2) is 5.78 Å². The van der Waals surface area contributed by atoms with Gasteiger partial charge >= 0.3 is 5.97 Å². The second-order valence-electron chi connectivity index (χ2n) is 8.05. The van der Waals surface area contributed by atoms with Crippen molar-refractivity contribution in [3.05, 3.63) is 87.3 Å². The van der Waals surface area contributed by atoms with E-state index in [1.807, 2.05) is 54.7 Å². The second-order valence-corrected chi connectivity index (χ2v) is 8.91. The summed E-state index contributed by atoms with van der Waals surface area (Å²) in [6, 6.07) is 15.8. The van der Waals surface area contributed by atoms with Gasteiger partial charge in [-0.3, -0.25) is 9.78 Å². The smallest absolute Gasteiger partial charge is 0.340 e. The van der Waals surface area contributed by atoms with Gasteiger partial charge in [0.05, 0.1) is 24.1 Å². The van der Waals surface area contributed by atoms with E-state index in [4.69, 9.17) is 9.72 Å². The molecule has 0 saturated heterocycles. The summed E-state index contributed by atoms with van der Waals surface area (Å²) in [5.74, 6) is -0.467. The summed E-state index contributed by atoms with van der Waals surface area (Å²) in [6.07, 6.45) is 2.84. The van der Waals surface area contributed by atoms with Crippen molar-refractivity contribution in [1.29, 1.82) is 0 Å². The van der Waals surface area contributed by atoms with Gasteiger partial charge in [-0.05, 0) is 48.6 Å². The predicted molar refractivity (Wildman–Crippen MR) is 127 cm³/mol. The third kappa shape index (κ3) is 3.26. The zero-order valence-corrected chi connectivity index (χ0v) is 19.3. The van der Waals surface area contributed by atoms with Crippen LogP contribution in [0.25, 0.3) is 22.0 Å². The van der Waals surface area contributed by atoms with Crippen molar-refractivity contribution >= 4 is 38.6 Å². The van der Waals surface area contributed by atoms with E-state index in [0.717, 1.165) is 32.2 Å². The zero-order chi connectivity index (χ0) is 22.4. The molecule has 5 rings (SSSR count). The van der Waals surface area contributed by atoms with Crippen LogP contribution in [0.3, 0.4) is 0 Å². The van der Waals surface area contributed by atoms with Gasteiger partial charge in [0.2, 0.25) is 0 Å². The molecule has 0 bridgehead atoms. The molecule has 1 aliphatic carbocycles. The van der Waals surface area contributed by atoms with Crippen molar-refractivity contribution in [3.8, 4) is 11.1 Å². The topological polar surface area (TPSA) is 72.0 Å². The van der Waals surface area contributed by atoms with Crippen LogP contribution in [0.1, 0.15) is 50.0 Å². The number of nitrogens with one attached hydrogen (secondary N) is 1. The number of ether oxygens (including phenoxy) is 1. The Kier molecular flexibility index (Phi) is 5.18. The maximum Gasteiger partial charge on any atom is 0.340 e. The number of hydrogen-bond acceptors (Lipinski definition) is 4. The number of carbonyl (C=O) groups is 2. The number of hydrogen-bond donors (Lipinski definition) is 1. The van der Waals surface area contributed by atoms with Gasteiger partial charge in [-0.25, -0.2) is 4.79 Å². The Morgan fingerprint density at radius 2 is 1.91 bits per heavy atom. The fraction of sp³-hybridized carbons (Fsp3) is 0.192. The van der Waals surface area contributed by atoms with E-state index in [1.165, 1.54) is 7.11 Å². The number of benzene rings is 2. The maximum atomic E-state index is 13.6. The molecule has 0 spiro atoms. The number of methoxy groups -OCH3 is 1. The first-order chi connectivity index (χ1) is 15.5. The predicted octanol–water partition coefficient (Wildman–Crippen LogP) is 6.00. The van der Waals surface area contributed by atoms with Crippen molar-refractivity contribution in [2.45, 2.75) is 25.7 Å². The Morgan fingerprint density at radius 3 is 2.69 bits per heavy atom. The van der Waals surface area contributed by atoms with E-state index in [9.17, 15) is 9.59 Å². The molecule has 2 aromatic heterocycles. The lowest BCUT2D eigenvalue weighted by molar-refractivity contribution is 0.0600. The van der Waals surface area contributed by atoms with Crippen LogP contribution in [-0.2, 0) is 11.2 Å². The third-order valence-corrected chi connectivity index (χ3v) is 6.92. The molecule has 4 aromatic rings. The first kappa shape index (κ1) is 20.6. The molecule has 1 atom stereocenters. The molecule has 0 radical (unpaired) electrons. The lowest BCUT2D eigenvalue weighted by Gasteiger charge is -2.27. The Morgan fingerprint density at radius 1 is 1.09 bits per heavy atom. The average molecular weight is 489 g/mol. The molecule has 1 N–H and O–H groups in total. The van der Waals surface area contributed by atoms with Crippen molar-refractivity contribution < 1.29 is 14.3 Å². The summed E-state index contributed by atoms with van der Waals surface area (Å²) in [4.78, 5) is 34.4. The van der Waals surface area contributed by atoms with Gasteiger partial charge in [-0.15, -0.1) is 0 Å². The maximum absolute atomic E-state index is 13.6. The molecule has 160 valence electrons. The summed E-state index contributed by atoms with van der Waals surface area (Å²) in [6.45, 7) is 1.81. The zero-order valence-electron chi connectivity index (χ0n) is 17.7. The number of esters is 1. The molecule has 0 saturated carbocycles. The van der Waals surface area contributed by atoms with E-state index in [-0.39, 0.29) is 11.7 Å². The summed E-state index contributed by atoms with van der Waals surface area (Å²) >= 11 is 3.62. The molecular formula is C26H21BrN2O3. The Bertz CT molecular complexity index is 1390. The Labute approximate surface area is 194 Å². The number of halogens is 1. The van der Waals surface area contributed by atoms with Crippen LogP contribution in [0.15, 0.2) is 59.2 Å². The number of Topliss-reactive ketones (excluding diaryl/α,β-unsaturated/α-hetero) is 1. The van der Waals surface area contributed by atoms with Crippen LogP contribution in [0.2, 0.25) is 0 Å². The highest BCUT2D eigenvalue weighted by molar-refractivity contribution is 9.10. The van der Waals surface area contributed by atoms with E-state index >= 15 is 0 Å². The molecule has 0 aliphatic heterocycles. The minimum Gasteiger partial charge on any atom is -0.465 e. The highest BCUT2D eigenvalue weighted by Gasteiger charge is 2.34. The molecular weight excluding hydrogens is 468 g/mol. The highest BCUT2D eigenvalue weighted by atomic mass is 79.9. The molecule has 2 aromatic carbocycles. The molecule has 32 heavy (non-hydrogen) atoms.